The summed E-state index contributed by atoms with van der Waals surface area (Å²) in [7, 11) is 0. The Labute approximate surface area is 73.6 Å². The Morgan fingerprint density at radius 3 is 2.42 bits per heavy atom. The maximum atomic E-state index is 9.93. The number of unbranched alkanes of at least 4 members (excludes halogenated alkanes) is 3. The predicted molar refractivity (Wildman–Crippen MR) is 49.8 cm³/mol. The monoisotopic (exact) mass is 171 g/mol. The fraction of sp³-hybridized carbons (Fsp3) is 0.778. The molecule has 0 aromatic heterocycles. The van der Waals surface area contributed by atoms with Crippen LogP contribution in [0.2, 0.25) is 0 Å². The van der Waals surface area contributed by atoms with Crippen molar-refractivity contribution in [2.45, 2.75) is 39.0 Å². The van der Waals surface area contributed by atoms with E-state index in [2.05, 4.69) is 6.58 Å². The molecule has 12 heavy (non-hydrogen) atoms. The van der Waals surface area contributed by atoms with Gasteiger partial charge in [-0.3, -0.25) is 10.1 Å². The summed E-state index contributed by atoms with van der Waals surface area (Å²) in [5.41, 5.74) is 1.20. The molecule has 0 amide bonds. The van der Waals surface area contributed by atoms with E-state index in [0.717, 1.165) is 25.7 Å². The molecule has 0 rings (SSSR count). The standard InChI is InChI=1S/C9H17NO2/c1-9(2)7-5-3-4-6-8-10(11)12/h1,3-8H2,2H3. The lowest BCUT2D eigenvalue weighted by molar-refractivity contribution is -0.480. The van der Waals surface area contributed by atoms with Crippen LogP contribution in [-0.2, 0) is 0 Å². The first-order valence-electron chi connectivity index (χ1n) is 4.39. The molecule has 0 aromatic rings. The van der Waals surface area contributed by atoms with Gasteiger partial charge >= 0.3 is 0 Å². The molecular weight excluding hydrogens is 154 g/mol. The molecule has 0 aromatic carbocycles. The van der Waals surface area contributed by atoms with Gasteiger partial charge in [-0.1, -0.05) is 12.0 Å². The lowest BCUT2D eigenvalue weighted by Gasteiger charge is -1.98. The molecule has 70 valence electrons. The summed E-state index contributed by atoms with van der Waals surface area (Å²) in [6, 6.07) is 0. The smallest absolute Gasteiger partial charge is 0.203 e. The van der Waals surface area contributed by atoms with E-state index in [4.69, 9.17) is 0 Å². The molecule has 0 spiro atoms. The second kappa shape index (κ2) is 6.83. The van der Waals surface area contributed by atoms with Crippen LogP contribution in [-0.4, -0.2) is 11.5 Å². The lowest BCUT2D eigenvalue weighted by atomic mass is 10.1. The first-order chi connectivity index (χ1) is 5.63. The van der Waals surface area contributed by atoms with Crippen LogP contribution in [0.15, 0.2) is 12.2 Å². The van der Waals surface area contributed by atoms with Crippen LogP contribution in [0.1, 0.15) is 39.0 Å². The quantitative estimate of drug-likeness (QED) is 0.256. The average Bonchev–Trinajstić information content (AvgIpc) is 1.95. The van der Waals surface area contributed by atoms with Crippen LogP contribution in [0.4, 0.5) is 0 Å². The first kappa shape index (κ1) is 11.1. The zero-order valence-electron chi connectivity index (χ0n) is 7.71. The van der Waals surface area contributed by atoms with Crippen LogP contribution in [0.25, 0.3) is 0 Å². The van der Waals surface area contributed by atoms with E-state index in [9.17, 15) is 10.1 Å². The van der Waals surface area contributed by atoms with Crippen molar-refractivity contribution in [1.29, 1.82) is 0 Å². The molecule has 0 saturated heterocycles. The summed E-state index contributed by atoms with van der Waals surface area (Å²) in [4.78, 5) is 9.68. The van der Waals surface area contributed by atoms with Crippen LogP contribution in [0.5, 0.6) is 0 Å². The van der Waals surface area contributed by atoms with Crippen molar-refractivity contribution in [3.63, 3.8) is 0 Å². The number of allylic oxidation sites excluding steroid dienone is 1. The second-order valence-electron chi connectivity index (χ2n) is 3.18. The van der Waals surface area contributed by atoms with Crippen molar-refractivity contribution in [3.05, 3.63) is 22.3 Å². The molecule has 0 fully saturated rings. The number of nitro groups is 1. The minimum atomic E-state index is -0.251. The van der Waals surface area contributed by atoms with Gasteiger partial charge in [0, 0.05) is 11.3 Å². The summed E-state index contributed by atoms with van der Waals surface area (Å²) in [6.45, 7) is 5.92. The van der Waals surface area contributed by atoms with Crippen molar-refractivity contribution in [2.24, 2.45) is 0 Å². The van der Waals surface area contributed by atoms with Gasteiger partial charge in [-0.25, -0.2) is 0 Å². The third-order valence-electron chi connectivity index (χ3n) is 1.69. The average molecular weight is 171 g/mol. The normalized spacial score (nSPS) is 9.75. The van der Waals surface area contributed by atoms with E-state index < -0.39 is 0 Å². The van der Waals surface area contributed by atoms with E-state index in [-0.39, 0.29) is 11.5 Å². The summed E-state index contributed by atoms with van der Waals surface area (Å²) in [5.74, 6) is 0. The molecule has 3 nitrogen and oxygen atoms in total. The number of hydrogen-bond acceptors (Lipinski definition) is 2. The molecule has 0 aliphatic carbocycles. The molecule has 0 radical (unpaired) electrons. The minimum Gasteiger partial charge on any atom is -0.265 e. The highest BCUT2D eigenvalue weighted by Crippen LogP contribution is 2.07. The number of rotatable bonds is 7. The Balaban J connectivity index is 3.01. The summed E-state index contributed by atoms with van der Waals surface area (Å²) in [6.07, 6.45) is 4.93. The van der Waals surface area contributed by atoms with Crippen molar-refractivity contribution in [1.82, 2.24) is 0 Å². The van der Waals surface area contributed by atoms with Crippen molar-refractivity contribution >= 4 is 0 Å². The third kappa shape index (κ3) is 9.14. The van der Waals surface area contributed by atoms with E-state index in [1.54, 1.807) is 0 Å². The zero-order chi connectivity index (χ0) is 9.40. The maximum absolute atomic E-state index is 9.93. The topological polar surface area (TPSA) is 43.1 Å². The van der Waals surface area contributed by atoms with E-state index in [1.165, 1.54) is 5.57 Å². The molecule has 0 unspecified atom stereocenters. The van der Waals surface area contributed by atoms with Gasteiger partial charge in [0.25, 0.3) is 0 Å². The van der Waals surface area contributed by atoms with E-state index in [0.29, 0.717) is 6.42 Å². The highest BCUT2D eigenvalue weighted by Gasteiger charge is 1.96. The van der Waals surface area contributed by atoms with Crippen LogP contribution >= 0.6 is 0 Å². The van der Waals surface area contributed by atoms with Crippen molar-refractivity contribution in [2.75, 3.05) is 6.54 Å². The van der Waals surface area contributed by atoms with Gasteiger partial charge in [-0.15, -0.1) is 6.58 Å². The molecule has 0 N–H and O–H groups in total. The molecule has 0 heterocycles. The van der Waals surface area contributed by atoms with Gasteiger partial charge in [-0.2, -0.15) is 0 Å². The molecule has 0 atom stereocenters. The van der Waals surface area contributed by atoms with E-state index >= 15 is 0 Å². The molecule has 0 aliphatic heterocycles. The summed E-state index contributed by atoms with van der Waals surface area (Å²) >= 11 is 0. The maximum Gasteiger partial charge on any atom is 0.203 e. The van der Waals surface area contributed by atoms with Gasteiger partial charge in [0.15, 0.2) is 0 Å². The fourth-order valence-corrected chi connectivity index (χ4v) is 1.02. The number of nitrogens with zero attached hydrogens (tertiary/aromatic N) is 1. The van der Waals surface area contributed by atoms with Crippen molar-refractivity contribution in [3.8, 4) is 0 Å². The lowest BCUT2D eigenvalue weighted by Crippen LogP contribution is -1.99. The predicted octanol–water partition coefficient (Wildman–Crippen LogP) is 2.79. The first-order valence-corrected chi connectivity index (χ1v) is 4.39. The van der Waals surface area contributed by atoms with Crippen LogP contribution in [0.3, 0.4) is 0 Å². The third-order valence-corrected chi connectivity index (χ3v) is 1.69. The summed E-state index contributed by atoms with van der Waals surface area (Å²) in [5, 5.41) is 9.93. The van der Waals surface area contributed by atoms with Gasteiger partial charge in [-0.05, 0) is 26.2 Å². The zero-order valence-corrected chi connectivity index (χ0v) is 7.71. The Morgan fingerprint density at radius 2 is 1.92 bits per heavy atom. The highest BCUT2D eigenvalue weighted by molar-refractivity contribution is 4.86. The Bertz CT molecular complexity index is 137. The number of hydrogen-bond donors (Lipinski definition) is 0. The Kier molecular flexibility index (Phi) is 6.34. The highest BCUT2D eigenvalue weighted by atomic mass is 16.6. The summed E-state index contributed by atoms with van der Waals surface area (Å²) < 4.78 is 0. The second-order valence-corrected chi connectivity index (χ2v) is 3.18. The Hall–Kier alpha value is -0.860. The molecule has 0 bridgehead atoms. The molecule has 3 heteroatoms. The van der Waals surface area contributed by atoms with Gasteiger partial charge < -0.3 is 0 Å². The molecule has 0 aliphatic rings. The van der Waals surface area contributed by atoms with Crippen LogP contribution in [0, 0.1) is 10.1 Å². The largest absolute Gasteiger partial charge is 0.265 e. The van der Waals surface area contributed by atoms with Gasteiger partial charge in [0.05, 0.1) is 0 Å². The van der Waals surface area contributed by atoms with E-state index in [1.807, 2.05) is 6.92 Å². The van der Waals surface area contributed by atoms with Gasteiger partial charge in [0.2, 0.25) is 6.54 Å². The van der Waals surface area contributed by atoms with Crippen LogP contribution < -0.4 is 0 Å². The van der Waals surface area contributed by atoms with Gasteiger partial charge in [0.1, 0.15) is 0 Å². The molecule has 0 saturated carbocycles. The SMILES string of the molecule is C=C(C)CCCCCC[N+](=O)[O-]. The van der Waals surface area contributed by atoms with Crippen molar-refractivity contribution < 1.29 is 4.92 Å². The molecular formula is C9H17NO2. The minimum absolute atomic E-state index is 0.118. The Morgan fingerprint density at radius 1 is 1.33 bits per heavy atom. The fourth-order valence-electron chi connectivity index (χ4n) is 1.02.